The molecule has 8 heteroatoms. The molecule has 174 valence electrons. The molecule has 0 saturated carbocycles. The number of ether oxygens (including phenoxy) is 2. The van der Waals surface area contributed by atoms with E-state index in [1.807, 2.05) is 38.1 Å². The van der Waals surface area contributed by atoms with E-state index < -0.39 is 11.8 Å². The Morgan fingerprint density at radius 3 is 2.39 bits per heavy atom. The van der Waals surface area contributed by atoms with Crippen LogP contribution in [0.25, 0.3) is 5.69 Å². The normalized spacial score (nSPS) is 10.5. The zero-order chi connectivity index (χ0) is 23.8. The number of unbranched alkanes of at least 4 members (excludes halogenated alkanes) is 1. The number of carbonyl (C=O) groups is 2. The van der Waals surface area contributed by atoms with Gasteiger partial charge in [-0.2, -0.15) is 5.10 Å². The molecule has 2 aromatic carbocycles. The first kappa shape index (κ1) is 23.8. The highest BCUT2D eigenvalue weighted by Crippen LogP contribution is 2.28. The molecule has 0 bridgehead atoms. The number of aromatic nitrogens is 2. The minimum absolute atomic E-state index is 0.334. The van der Waals surface area contributed by atoms with Gasteiger partial charge in [-0.3, -0.25) is 20.4 Å². The van der Waals surface area contributed by atoms with E-state index in [0.29, 0.717) is 35.7 Å². The molecule has 0 fully saturated rings. The minimum Gasteiger partial charge on any atom is -0.493 e. The zero-order valence-corrected chi connectivity index (χ0v) is 19.5. The van der Waals surface area contributed by atoms with Gasteiger partial charge in [0.15, 0.2) is 11.5 Å². The van der Waals surface area contributed by atoms with E-state index in [0.717, 1.165) is 29.8 Å². The average molecular weight is 451 g/mol. The summed E-state index contributed by atoms with van der Waals surface area (Å²) in [6.07, 6.45) is 4.05. The molecular formula is C25H30N4O4. The standard InChI is InChI=1S/C25H30N4O4/c1-5-7-14-33-22-13-10-18(15-23(22)32-4)24(30)27-28-25(31)20-16-26-29(21(20)6-2)19-11-8-17(3)9-12-19/h8-13,15-16H,5-7,14H2,1-4H3,(H,27,30)(H,28,31). The molecule has 8 nitrogen and oxygen atoms in total. The van der Waals surface area contributed by atoms with Crippen molar-refractivity contribution in [1.29, 1.82) is 0 Å². The lowest BCUT2D eigenvalue weighted by atomic mass is 10.1. The van der Waals surface area contributed by atoms with Crippen molar-refractivity contribution in [1.82, 2.24) is 20.6 Å². The van der Waals surface area contributed by atoms with Crippen LogP contribution in [0.15, 0.2) is 48.7 Å². The van der Waals surface area contributed by atoms with Crippen LogP contribution in [0.5, 0.6) is 11.5 Å². The molecule has 0 spiro atoms. The Balaban J connectivity index is 1.68. The van der Waals surface area contributed by atoms with Gasteiger partial charge in [0.25, 0.3) is 11.8 Å². The van der Waals surface area contributed by atoms with E-state index in [4.69, 9.17) is 9.47 Å². The third-order valence-corrected chi connectivity index (χ3v) is 5.20. The van der Waals surface area contributed by atoms with Crippen LogP contribution in [0, 0.1) is 6.92 Å². The summed E-state index contributed by atoms with van der Waals surface area (Å²) in [5.74, 6) is 0.121. The number of hydrogen-bond donors (Lipinski definition) is 2. The van der Waals surface area contributed by atoms with Crippen LogP contribution < -0.4 is 20.3 Å². The predicted molar refractivity (Wildman–Crippen MR) is 126 cm³/mol. The molecule has 0 atom stereocenters. The second-order valence-corrected chi connectivity index (χ2v) is 7.58. The maximum absolute atomic E-state index is 12.8. The Kier molecular flexibility index (Phi) is 8.07. The minimum atomic E-state index is -0.467. The summed E-state index contributed by atoms with van der Waals surface area (Å²) in [6.45, 7) is 6.62. The van der Waals surface area contributed by atoms with Gasteiger partial charge in [0.1, 0.15) is 0 Å². The van der Waals surface area contributed by atoms with Crippen LogP contribution in [0.2, 0.25) is 0 Å². The van der Waals surface area contributed by atoms with Crippen molar-refractivity contribution in [3.8, 4) is 17.2 Å². The molecular weight excluding hydrogens is 420 g/mol. The molecule has 2 N–H and O–H groups in total. The summed E-state index contributed by atoms with van der Waals surface area (Å²) < 4.78 is 12.8. The van der Waals surface area contributed by atoms with Gasteiger partial charge in [0.05, 0.1) is 36.9 Å². The molecule has 0 unspecified atom stereocenters. The Morgan fingerprint density at radius 2 is 1.73 bits per heavy atom. The van der Waals surface area contributed by atoms with Crippen LogP contribution in [0.4, 0.5) is 0 Å². The predicted octanol–water partition coefficient (Wildman–Crippen LogP) is 4.01. The van der Waals surface area contributed by atoms with Crippen LogP contribution in [-0.2, 0) is 6.42 Å². The zero-order valence-electron chi connectivity index (χ0n) is 19.5. The molecule has 0 aliphatic carbocycles. The Hall–Kier alpha value is -3.81. The lowest BCUT2D eigenvalue weighted by Gasteiger charge is -2.13. The number of nitrogens with one attached hydrogen (secondary N) is 2. The van der Waals surface area contributed by atoms with E-state index in [1.54, 1.807) is 22.9 Å². The highest BCUT2D eigenvalue weighted by Gasteiger charge is 2.18. The second kappa shape index (κ2) is 11.2. The van der Waals surface area contributed by atoms with E-state index >= 15 is 0 Å². The van der Waals surface area contributed by atoms with Crippen LogP contribution >= 0.6 is 0 Å². The number of carbonyl (C=O) groups excluding carboxylic acids is 2. The second-order valence-electron chi connectivity index (χ2n) is 7.58. The van der Waals surface area contributed by atoms with E-state index in [-0.39, 0.29) is 0 Å². The summed E-state index contributed by atoms with van der Waals surface area (Å²) in [6, 6.07) is 12.8. The number of amides is 2. The van der Waals surface area contributed by atoms with Gasteiger partial charge in [-0.05, 0) is 50.1 Å². The van der Waals surface area contributed by atoms with E-state index in [1.165, 1.54) is 13.3 Å². The average Bonchev–Trinajstić information content (AvgIpc) is 3.27. The molecule has 3 aromatic rings. The number of nitrogens with zero attached hydrogens (tertiary/aromatic N) is 2. The first-order valence-corrected chi connectivity index (χ1v) is 11.0. The van der Waals surface area contributed by atoms with Crippen LogP contribution in [0.3, 0.4) is 0 Å². The van der Waals surface area contributed by atoms with Gasteiger partial charge < -0.3 is 9.47 Å². The van der Waals surface area contributed by atoms with Crippen LogP contribution in [0.1, 0.15) is 58.7 Å². The summed E-state index contributed by atoms with van der Waals surface area (Å²) in [5, 5.41) is 4.37. The summed E-state index contributed by atoms with van der Waals surface area (Å²) in [4.78, 5) is 25.3. The number of hydrogen-bond acceptors (Lipinski definition) is 5. The lowest BCUT2D eigenvalue weighted by Crippen LogP contribution is -2.41. The van der Waals surface area contributed by atoms with E-state index in [9.17, 15) is 9.59 Å². The Morgan fingerprint density at radius 1 is 1.00 bits per heavy atom. The number of benzene rings is 2. The van der Waals surface area contributed by atoms with Crippen LogP contribution in [-0.4, -0.2) is 35.3 Å². The fraction of sp³-hybridized carbons (Fsp3) is 0.320. The molecule has 2 amide bonds. The lowest BCUT2D eigenvalue weighted by molar-refractivity contribution is 0.0846. The summed E-state index contributed by atoms with van der Waals surface area (Å²) in [7, 11) is 1.52. The molecule has 1 aromatic heterocycles. The van der Waals surface area contributed by atoms with Gasteiger partial charge in [0, 0.05) is 5.56 Å². The fourth-order valence-corrected chi connectivity index (χ4v) is 3.32. The van der Waals surface area contributed by atoms with Crippen molar-refractivity contribution in [2.45, 2.75) is 40.0 Å². The maximum Gasteiger partial charge on any atom is 0.273 e. The molecule has 0 saturated heterocycles. The number of aryl methyl sites for hydroxylation is 1. The van der Waals surface area contributed by atoms with Gasteiger partial charge in [-0.1, -0.05) is 38.0 Å². The number of rotatable bonds is 9. The Bertz CT molecular complexity index is 1110. The topological polar surface area (TPSA) is 94.5 Å². The number of hydrazine groups is 1. The molecule has 33 heavy (non-hydrogen) atoms. The summed E-state index contributed by atoms with van der Waals surface area (Å²) >= 11 is 0. The highest BCUT2D eigenvalue weighted by atomic mass is 16.5. The van der Waals surface area contributed by atoms with Crippen molar-refractivity contribution < 1.29 is 19.1 Å². The Labute approximate surface area is 193 Å². The van der Waals surface area contributed by atoms with E-state index in [2.05, 4.69) is 22.9 Å². The van der Waals surface area contributed by atoms with Crippen molar-refractivity contribution in [2.75, 3.05) is 13.7 Å². The molecule has 0 radical (unpaired) electrons. The number of methoxy groups -OCH3 is 1. The third-order valence-electron chi connectivity index (χ3n) is 5.20. The monoisotopic (exact) mass is 450 g/mol. The van der Waals surface area contributed by atoms with Crippen molar-refractivity contribution >= 4 is 11.8 Å². The molecule has 3 rings (SSSR count). The van der Waals surface area contributed by atoms with Gasteiger partial charge in [-0.25, -0.2) is 4.68 Å². The molecule has 0 aliphatic heterocycles. The highest BCUT2D eigenvalue weighted by molar-refractivity contribution is 5.99. The van der Waals surface area contributed by atoms with Crippen molar-refractivity contribution in [3.63, 3.8) is 0 Å². The maximum atomic E-state index is 12.8. The quantitative estimate of drug-likeness (QED) is 0.380. The summed E-state index contributed by atoms with van der Waals surface area (Å²) in [5.41, 5.74) is 8.43. The first-order valence-electron chi connectivity index (χ1n) is 11.0. The van der Waals surface area contributed by atoms with Gasteiger partial charge in [0.2, 0.25) is 0 Å². The first-order chi connectivity index (χ1) is 16.0. The third kappa shape index (κ3) is 5.71. The van der Waals surface area contributed by atoms with Crippen molar-refractivity contribution in [2.24, 2.45) is 0 Å². The smallest absolute Gasteiger partial charge is 0.273 e. The fourth-order valence-electron chi connectivity index (χ4n) is 3.32. The van der Waals surface area contributed by atoms with Gasteiger partial charge in [-0.15, -0.1) is 0 Å². The molecule has 0 aliphatic rings. The van der Waals surface area contributed by atoms with Gasteiger partial charge >= 0.3 is 0 Å². The largest absolute Gasteiger partial charge is 0.493 e. The van der Waals surface area contributed by atoms with Crippen molar-refractivity contribution in [3.05, 3.63) is 71.0 Å². The molecule has 1 heterocycles. The SMILES string of the molecule is CCCCOc1ccc(C(=O)NNC(=O)c2cnn(-c3ccc(C)cc3)c2CC)cc1OC.